The Labute approximate surface area is 181 Å². The second-order valence-corrected chi connectivity index (χ2v) is 7.63. The minimum Gasteiger partial charge on any atom is -0.493 e. The van der Waals surface area contributed by atoms with Gasteiger partial charge in [-0.05, 0) is 42.0 Å². The van der Waals surface area contributed by atoms with Crippen LogP contribution >= 0.6 is 39.1 Å². The van der Waals surface area contributed by atoms with Crippen LogP contribution in [-0.4, -0.2) is 7.11 Å². The maximum absolute atomic E-state index is 13.8. The molecule has 0 saturated heterocycles. The highest BCUT2D eigenvalue weighted by Gasteiger charge is 2.12. The molecule has 0 heterocycles. The number of methoxy groups -OCH3 is 1. The highest BCUT2D eigenvalue weighted by Crippen LogP contribution is 2.35. The monoisotopic (exact) mass is 483 g/mol. The molecule has 0 atom stereocenters. The van der Waals surface area contributed by atoms with E-state index in [-0.39, 0.29) is 12.4 Å². The molecule has 3 aromatic carbocycles. The van der Waals surface area contributed by atoms with E-state index in [9.17, 15) is 4.39 Å². The highest BCUT2D eigenvalue weighted by atomic mass is 79.9. The standard InChI is InChI=1S/C21H17BrCl2FNO2/c1-27-20-8-14(11-26-15-6-7-17(23)18(24)9-15)16(22)10-21(20)28-12-13-4-2-3-5-19(13)25/h2-10,26H,11-12H2,1H3. The molecule has 0 aliphatic rings. The molecule has 0 spiro atoms. The van der Waals surface area contributed by atoms with E-state index in [1.54, 1.807) is 37.4 Å². The minimum atomic E-state index is -0.303. The van der Waals surface area contributed by atoms with Crippen LogP contribution in [0.15, 0.2) is 59.1 Å². The van der Waals surface area contributed by atoms with Gasteiger partial charge in [0.2, 0.25) is 0 Å². The van der Waals surface area contributed by atoms with Gasteiger partial charge in [-0.25, -0.2) is 4.39 Å². The molecule has 0 unspecified atom stereocenters. The molecule has 0 aromatic heterocycles. The average molecular weight is 485 g/mol. The Bertz CT molecular complexity index is 985. The van der Waals surface area contributed by atoms with Gasteiger partial charge in [-0.3, -0.25) is 0 Å². The zero-order valence-electron chi connectivity index (χ0n) is 14.9. The number of hydrogen-bond donors (Lipinski definition) is 1. The first-order valence-electron chi connectivity index (χ1n) is 8.39. The van der Waals surface area contributed by atoms with Crippen LogP contribution in [0.4, 0.5) is 10.1 Å². The Morgan fingerprint density at radius 2 is 1.75 bits per heavy atom. The Kier molecular flexibility index (Phi) is 7.05. The summed E-state index contributed by atoms with van der Waals surface area (Å²) in [6.45, 7) is 0.638. The predicted octanol–water partition coefficient (Wildman–Crippen LogP) is 7.09. The van der Waals surface area contributed by atoms with Gasteiger partial charge in [-0.15, -0.1) is 0 Å². The third kappa shape index (κ3) is 5.10. The number of rotatable bonds is 7. The fraction of sp³-hybridized carbons (Fsp3) is 0.143. The molecule has 3 rings (SSSR count). The molecule has 0 saturated carbocycles. The zero-order valence-corrected chi connectivity index (χ0v) is 18.0. The second kappa shape index (κ2) is 9.50. The van der Waals surface area contributed by atoms with Crippen LogP contribution in [-0.2, 0) is 13.2 Å². The van der Waals surface area contributed by atoms with E-state index in [1.165, 1.54) is 6.07 Å². The van der Waals surface area contributed by atoms with Crippen molar-refractivity contribution in [2.45, 2.75) is 13.2 Å². The van der Waals surface area contributed by atoms with E-state index in [0.717, 1.165) is 15.7 Å². The van der Waals surface area contributed by atoms with E-state index < -0.39 is 0 Å². The largest absolute Gasteiger partial charge is 0.493 e. The Hall–Kier alpha value is -1.95. The van der Waals surface area contributed by atoms with Gasteiger partial charge in [-0.1, -0.05) is 57.3 Å². The Morgan fingerprint density at radius 1 is 0.964 bits per heavy atom. The summed E-state index contributed by atoms with van der Waals surface area (Å²) in [4.78, 5) is 0. The molecule has 0 aliphatic carbocycles. The lowest BCUT2D eigenvalue weighted by Crippen LogP contribution is -2.03. The number of benzene rings is 3. The fourth-order valence-corrected chi connectivity index (χ4v) is 3.32. The van der Waals surface area contributed by atoms with Crippen LogP contribution in [0.3, 0.4) is 0 Å². The van der Waals surface area contributed by atoms with Crippen LogP contribution in [0.5, 0.6) is 11.5 Å². The van der Waals surface area contributed by atoms with Crippen molar-refractivity contribution in [3.63, 3.8) is 0 Å². The molecule has 0 radical (unpaired) electrons. The molecular weight excluding hydrogens is 468 g/mol. The van der Waals surface area contributed by atoms with Crippen molar-refractivity contribution in [1.82, 2.24) is 0 Å². The Morgan fingerprint density at radius 3 is 2.46 bits per heavy atom. The normalized spacial score (nSPS) is 10.6. The molecule has 7 heteroatoms. The maximum Gasteiger partial charge on any atom is 0.162 e. The third-order valence-electron chi connectivity index (χ3n) is 4.08. The van der Waals surface area contributed by atoms with Crippen LogP contribution in [0.1, 0.15) is 11.1 Å². The lowest BCUT2D eigenvalue weighted by molar-refractivity contribution is 0.279. The first-order valence-corrected chi connectivity index (χ1v) is 9.94. The second-order valence-electron chi connectivity index (χ2n) is 5.96. The van der Waals surface area contributed by atoms with Crippen molar-refractivity contribution >= 4 is 44.8 Å². The number of halogens is 4. The average Bonchev–Trinajstić information content (AvgIpc) is 2.69. The smallest absolute Gasteiger partial charge is 0.162 e. The van der Waals surface area contributed by atoms with E-state index in [2.05, 4.69) is 21.2 Å². The highest BCUT2D eigenvalue weighted by molar-refractivity contribution is 9.10. The topological polar surface area (TPSA) is 30.5 Å². The van der Waals surface area contributed by atoms with Gasteiger partial charge >= 0.3 is 0 Å². The molecule has 1 N–H and O–H groups in total. The molecule has 146 valence electrons. The summed E-state index contributed by atoms with van der Waals surface area (Å²) in [6.07, 6.45) is 0. The van der Waals surface area contributed by atoms with E-state index in [4.69, 9.17) is 32.7 Å². The van der Waals surface area contributed by atoms with Crippen molar-refractivity contribution in [1.29, 1.82) is 0 Å². The van der Waals surface area contributed by atoms with Crippen LogP contribution in [0.25, 0.3) is 0 Å². The predicted molar refractivity (Wildman–Crippen MR) is 115 cm³/mol. The van der Waals surface area contributed by atoms with E-state index in [1.807, 2.05) is 18.2 Å². The molecular formula is C21H17BrCl2FNO2. The summed E-state index contributed by atoms with van der Waals surface area (Å²) in [5, 5.41) is 4.28. The Balaban J connectivity index is 1.73. The third-order valence-corrected chi connectivity index (χ3v) is 5.55. The van der Waals surface area contributed by atoms with Gasteiger partial charge < -0.3 is 14.8 Å². The van der Waals surface area contributed by atoms with Crippen LogP contribution in [0, 0.1) is 5.82 Å². The van der Waals surface area contributed by atoms with Crippen molar-refractivity contribution in [2.24, 2.45) is 0 Å². The molecule has 28 heavy (non-hydrogen) atoms. The van der Waals surface area contributed by atoms with Crippen molar-refractivity contribution < 1.29 is 13.9 Å². The van der Waals surface area contributed by atoms with E-state index >= 15 is 0 Å². The van der Waals surface area contributed by atoms with Gasteiger partial charge in [-0.2, -0.15) is 0 Å². The number of ether oxygens (including phenoxy) is 2. The zero-order chi connectivity index (χ0) is 20.1. The SMILES string of the molecule is COc1cc(CNc2ccc(Cl)c(Cl)c2)c(Br)cc1OCc1ccccc1F. The van der Waals surface area contributed by atoms with Gasteiger partial charge in [0.25, 0.3) is 0 Å². The summed E-state index contributed by atoms with van der Waals surface area (Å²) in [5.41, 5.74) is 2.28. The maximum atomic E-state index is 13.8. The first-order chi connectivity index (χ1) is 13.5. The molecule has 0 fully saturated rings. The van der Waals surface area contributed by atoms with Crippen LogP contribution < -0.4 is 14.8 Å². The van der Waals surface area contributed by atoms with Gasteiger partial charge in [0.1, 0.15) is 12.4 Å². The fourth-order valence-electron chi connectivity index (χ4n) is 2.56. The van der Waals surface area contributed by atoms with Gasteiger partial charge in [0, 0.05) is 22.3 Å². The number of anilines is 1. The summed E-state index contributed by atoms with van der Waals surface area (Å²) in [5.74, 6) is 0.782. The summed E-state index contributed by atoms with van der Waals surface area (Å²) in [7, 11) is 1.56. The van der Waals surface area contributed by atoms with Crippen molar-refractivity contribution in [3.05, 3.63) is 86.1 Å². The molecule has 3 aromatic rings. The lowest BCUT2D eigenvalue weighted by atomic mass is 10.2. The first kappa shape index (κ1) is 20.8. The minimum absolute atomic E-state index is 0.107. The summed E-state index contributed by atoms with van der Waals surface area (Å²) in [6, 6.07) is 15.5. The number of nitrogens with one attached hydrogen (secondary N) is 1. The van der Waals surface area contributed by atoms with Crippen LogP contribution in [0.2, 0.25) is 10.0 Å². The van der Waals surface area contributed by atoms with Gasteiger partial charge in [0.15, 0.2) is 11.5 Å². The molecule has 0 aliphatic heterocycles. The quantitative estimate of drug-likeness (QED) is 0.388. The summed E-state index contributed by atoms with van der Waals surface area (Å²) < 4.78 is 25.8. The van der Waals surface area contributed by atoms with E-state index in [0.29, 0.717) is 33.7 Å². The summed E-state index contributed by atoms with van der Waals surface area (Å²) >= 11 is 15.5. The molecule has 3 nitrogen and oxygen atoms in total. The molecule has 0 amide bonds. The molecule has 0 bridgehead atoms. The van der Waals surface area contributed by atoms with Crippen molar-refractivity contribution in [2.75, 3.05) is 12.4 Å². The lowest BCUT2D eigenvalue weighted by Gasteiger charge is -2.15. The van der Waals surface area contributed by atoms with Gasteiger partial charge in [0.05, 0.1) is 17.2 Å². The number of hydrogen-bond acceptors (Lipinski definition) is 3. The van der Waals surface area contributed by atoms with Crippen molar-refractivity contribution in [3.8, 4) is 11.5 Å².